The second kappa shape index (κ2) is 6.68. The zero-order valence-electron chi connectivity index (χ0n) is 12.0. The molecule has 0 radical (unpaired) electrons. The van der Waals surface area contributed by atoms with Crippen LogP contribution in [0.1, 0.15) is 24.2 Å². The van der Waals surface area contributed by atoms with E-state index in [1.165, 1.54) is 36.2 Å². The smallest absolute Gasteiger partial charge is 0.323 e. The van der Waals surface area contributed by atoms with Crippen LogP contribution in [0, 0.1) is 0 Å². The molecule has 0 aromatic heterocycles. The first-order chi connectivity index (χ1) is 9.69. The Morgan fingerprint density at radius 3 is 2.14 bits per heavy atom. The van der Waals surface area contributed by atoms with Crippen LogP contribution in [0.2, 0.25) is 0 Å². The molecular formula is C13H18N2O5S. The molecule has 0 atom stereocenters. The number of carboxylic acids is 1. The fourth-order valence-corrected chi connectivity index (χ4v) is 2.43. The number of amides is 1. The van der Waals surface area contributed by atoms with Gasteiger partial charge in [-0.3, -0.25) is 9.59 Å². The fraction of sp³-hybridized carbons (Fsp3) is 0.385. The summed E-state index contributed by atoms with van der Waals surface area (Å²) in [5.74, 6) is -1.56. The molecule has 8 heteroatoms. The summed E-state index contributed by atoms with van der Waals surface area (Å²) in [7, 11) is -2.27. The first kappa shape index (κ1) is 17.1. The molecule has 0 bridgehead atoms. The molecule has 0 saturated carbocycles. The molecule has 0 heterocycles. The molecule has 0 saturated heterocycles. The maximum atomic E-state index is 12.2. The highest BCUT2D eigenvalue weighted by molar-refractivity contribution is 7.89. The number of aliphatic carboxylic acids is 1. The van der Waals surface area contributed by atoms with Gasteiger partial charge < -0.3 is 10.0 Å². The third-order valence-corrected chi connectivity index (χ3v) is 4.30. The Labute approximate surface area is 123 Å². The first-order valence-electron chi connectivity index (χ1n) is 6.25. The summed E-state index contributed by atoms with van der Waals surface area (Å²) in [5.41, 5.74) is 0.236. The van der Waals surface area contributed by atoms with Crippen LogP contribution in [0.5, 0.6) is 0 Å². The van der Waals surface area contributed by atoms with Crippen LogP contribution in [0.15, 0.2) is 29.2 Å². The molecule has 1 aromatic rings. The molecule has 7 nitrogen and oxygen atoms in total. The lowest BCUT2D eigenvalue weighted by molar-refractivity contribution is -0.138. The van der Waals surface area contributed by atoms with Crippen LogP contribution in [0.4, 0.5) is 0 Å². The fourth-order valence-electron chi connectivity index (χ4n) is 1.69. The van der Waals surface area contributed by atoms with Crippen LogP contribution in [-0.2, 0) is 14.8 Å². The van der Waals surface area contributed by atoms with E-state index in [2.05, 4.69) is 4.72 Å². The van der Waals surface area contributed by atoms with E-state index in [4.69, 9.17) is 5.11 Å². The van der Waals surface area contributed by atoms with E-state index < -0.39 is 28.4 Å². The van der Waals surface area contributed by atoms with E-state index in [0.29, 0.717) is 0 Å². The van der Waals surface area contributed by atoms with Crippen molar-refractivity contribution in [3.63, 3.8) is 0 Å². The molecule has 0 unspecified atom stereocenters. The van der Waals surface area contributed by atoms with Gasteiger partial charge in [-0.15, -0.1) is 0 Å². The first-order valence-corrected chi connectivity index (χ1v) is 7.73. The number of hydrogen-bond acceptors (Lipinski definition) is 4. The summed E-state index contributed by atoms with van der Waals surface area (Å²) in [6.45, 7) is 3.01. The van der Waals surface area contributed by atoms with Gasteiger partial charge in [0.15, 0.2) is 0 Å². The number of rotatable bonds is 6. The summed E-state index contributed by atoms with van der Waals surface area (Å²) < 4.78 is 25.3. The summed E-state index contributed by atoms with van der Waals surface area (Å²) >= 11 is 0. The van der Waals surface area contributed by atoms with Crippen molar-refractivity contribution in [1.82, 2.24) is 9.62 Å². The van der Waals surface area contributed by atoms with Crippen LogP contribution >= 0.6 is 0 Å². The van der Waals surface area contributed by atoms with E-state index in [0.717, 1.165) is 0 Å². The standard InChI is InChI=1S/C13H18N2O5S/c1-9(2)15(8-12(16)17)13(18)10-4-6-11(7-5-10)21(19,20)14-3/h4-7,9,14H,8H2,1-3H3,(H,16,17). The number of carbonyl (C=O) groups excluding carboxylic acids is 1. The van der Waals surface area contributed by atoms with Crippen molar-refractivity contribution < 1.29 is 23.1 Å². The summed E-state index contributed by atoms with van der Waals surface area (Å²) in [6.07, 6.45) is 0. The van der Waals surface area contributed by atoms with Gasteiger partial charge in [0, 0.05) is 11.6 Å². The minimum atomic E-state index is -3.57. The number of hydrogen-bond donors (Lipinski definition) is 2. The molecule has 0 spiro atoms. The number of carbonyl (C=O) groups is 2. The third kappa shape index (κ3) is 4.27. The van der Waals surface area contributed by atoms with Gasteiger partial charge in [-0.2, -0.15) is 0 Å². The highest BCUT2D eigenvalue weighted by Gasteiger charge is 2.21. The molecule has 1 amide bonds. The number of sulfonamides is 1. The van der Waals surface area contributed by atoms with Gasteiger partial charge in [-0.05, 0) is 45.2 Å². The normalized spacial score (nSPS) is 11.4. The lowest BCUT2D eigenvalue weighted by Gasteiger charge is -2.25. The van der Waals surface area contributed by atoms with Crippen molar-refractivity contribution in [2.75, 3.05) is 13.6 Å². The van der Waals surface area contributed by atoms with Gasteiger partial charge in [-0.1, -0.05) is 0 Å². The largest absolute Gasteiger partial charge is 0.480 e. The molecule has 0 aliphatic rings. The Morgan fingerprint density at radius 1 is 1.24 bits per heavy atom. The topological polar surface area (TPSA) is 104 Å². The quantitative estimate of drug-likeness (QED) is 0.797. The zero-order valence-corrected chi connectivity index (χ0v) is 12.8. The van der Waals surface area contributed by atoms with Gasteiger partial charge in [-0.25, -0.2) is 13.1 Å². The van der Waals surface area contributed by atoms with E-state index in [9.17, 15) is 18.0 Å². The minimum absolute atomic E-state index is 0.0379. The number of nitrogens with zero attached hydrogens (tertiary/aromatic N) is 1. The monoisotopic (exact) mass is 314 g/mol. The zero-order chi connectivity index (χ0) is 16.2. The summed E-state index contributed by atoms with van der Waals surface area (Å²) in [6, 6.07) is 5.05. The third-order valence-electron chi connectivity index (χ3n) is 2.87. The number of carboxylic acid groups (broad SMARTS) is 1. The predicted octanol–water partition coefficient (Wildman–Crippen LogP) is 0.530. The highest BCUT2D eigenvalue weighted by atomic mass is 32.2. The highest BCUT2D eigenvalue weighted by Crippen LogP contribution is 2.13. The second-order valence-electron chi connectivity index (χ2n) is 4.65. The average molecular weight is 314 g/mol. The van der Waals surface area contributed by atoms with Gasteiger partial charge in [0.05, 0.1) is 4.90 Å². The minimum Gasteiger partial charge on any atom is -0.480 e. The molecule has 0 aliphatic carbocycles. The van der Waals surface area contributed by atoms with Gasteiger partial charge >= 0.3 is 5.97 Å². The molecule has 0 aliphatic heterocycles. The van der Waals surface area contributed by atoms with Gasteiger partial charge in [0.25, 0.3) is 5.91 Å². The van der Waals surface area contributed by atoms with Crippen molar-refractivity contribution in [3.05, 3.63) is 29.8 Å². The molecule has 0 fully saturated rings. The molecule has 2 N–H and O–H groups in total. The summed E-state index contributed by atoms with van der Waals surface area (Å²) in [4.78, 5) is 24.3. The van der Waals surface area contributed by atoms with E-state index in [1.807, 2.05) is 0 Å². The van der Waals surface area contributed by atoms with Gasteiger partial charge in [0.2, 0.25) is 10.0 Å². The van der Waals surface area contributed by atoms with Crippen molar-refractivity contribution >= 4 is 21.9 Å². The molecule has 21 heavy (non-hydrogen) atoms. The van der Waals surface area contributed by atoms with Crippen LogP contribution < -0.4 is 4.72 Å². The second-order valence-corrected chi connectivity index (χ2v) is 6.54. The van der Waals surface area contributed by atoms with Crippen molar-refractivity contribution in [2.24, 2.45) is 0 Å². The Kier molecular flexibility index (Phi) is 5.45. The maximum absolute atomic E-state index is 12.2. The SMILES string of the molecule is CNS(=O)(=O)c1ccc(C(=O)N(CC(=O)O)C(C)C)cc1. The number of nitrogens with one attached hydrogen (secondary N) is 1. The number of benzene rings is 1. The lowest BCUT2D eigenvalue weighted by atomic mass is 10.1. The summed E-state index contributed by atoms with van der Waals surface area (Å²) in [5, 5.41) is 8.83. The lowest BCUT2D eigenvalue weighted by Crippen LogP contribution is -2.40. The maximum Gasteiger partial charge on any atom is 0.323 e. The molecule has 1 aromatic carbocycles. The van der Waals surface area contributed by atoms with Gasteiger partial charge in [0.1, 0.15) is 6.54 Å². The Bertz CT molecular complexity index is 622. The molecule has 1 rings (SSSR count). The molecular weight excluding hydrogens is 296 g/mol. The van der Waals surface area contributed by atoms with Crippen LogP contribution in [-0.4, -0.2) is 49.9 Å². The van der Waals surface area contributed by atoms with Crippen LogP contribution in [0.3, 0.4) is 0 Å². The predicted molar refractivity (Wildman–Crippen MR) is 76.5 cm³/mol. The van der Waals surface area contributed by atoms with Crippen LogP contribution in [0.25, 0.3) is 0 Å². The van der Waals surface area contributed by atoms with Crippen molar-refractivity contribution in [3.8, 4) is 0 Å². The van der Waals surface area contributed by atoms with Crippen molar-refractivity contribution in [1.29, 1.82) is 0 Å². The molecule has 116 valence electrons. The Balaban J connectivity index is 3.05. The Hall–Kier alpha value is -1.93. The van der Waals surface area contributed by atoms with E-state index >= 15 is 0 Å². The van der Waals surface area contributed by atoms with E-state index in [-0.39, 0.29) is 16.5 Å². The van der Waals surface area contributed by atoms with Crippen molar-refractivity contribution in [2.45, 2.75) is 24.8 Å². The average Bonchev–Trinajstić information content (AvgIpc) is 2.43. The Morgan fingerprint density at radius 2 is 1.76 bits per heavy atom. The van der Waals surface area contributed by atoms with E-state index in [1.54, 1.807) is 13.8 Å².